The Morgan fingerprint density at radius 1 is 0.927 bits per heavy atom. The van der Waals surface area contributed by atoms with Crippen molar-refractivity contribution in [3.63, 3.8) is 0 Å². The van der Waals surface area contributed by atoms with Crippen LogP contribution in [0.5, 0.6) is 0 Å². The molecule has 216 valence electrons. The molecule has 1 aliphatic heterocycles. The number of hydrogen-bond acceptors (Lipinski definition) is 4. The van der Waals surface area contributed by atoms with Crippen molar-refractivity contribution in [3.8, 4) is 0 Å². The summed E-state index contributed by atoms with van der Waals surface area (Å²) in [6.07, 6.45) is 4.07. The molecular formula is C32H36ClN3O4S. The number of hydrogen-bond donors (Lipinski definition) is 2. The monoisotopic (exact) mass is 593 g/mol. The fraction of sp³-hybridized carbons (Fsp3) is 0.375. The van der Waals surface area contributed by atoms with Gasteiger partial charge < -0.3 is 10.2 Å². The molecular weight excluding hydrogens is 558 g/mol. The lowest BCUT2D eigenvalue weighted by Crippen LogP contribution is -2.59. The average Bonchev–Trinajstić information content (AvgIpc) is 2.93. The Morgan fingerprint density at radius 2 is 1.56 bits per heavy atom. The molecule has 2 aliphatic rings. The number of rotatable bonds is 7. The summed E-state index contributed by atoms with van der Waals surface area (Å²) >= 11 is 6.26. The number of nitrogens with zero attached hydrogens (tertiary/aromatic N) is 1. The quantitative estimate of drug-likeness (QED) is 0.376. The minimum atomic E-state index is -3.53. The highest BCUT2D eigenvalue weighted by Crippen LogP contribution is 2.46. The van der Waals surface area contributed by atoms with Crippen molar-refractivity contribution >= 4 is 33.4 Å². The molecule has 0 saturated heterocycles. The first-order chi connectivity index (χ1) is 19.5. The number of carbonyl (C=O) groups excluding carboxylic acids is 2. The van der Waals surface area contributed by atoms with Crippen LogP contribution >= 0.6 is 11.6 Å². The third kappa shape index (κ3) is 6.20. The van der Waals surface area contributed by atoms with E-state index in [1.54, 1.807) is 29.2 Å². The van der Waals surface area contributed by atoms with E-state index in [-0.39, 0.29) is 11.8 Å². The Hall–Kier alpha value is -3.20. The van der Waals surface area contributed by atoms with Crippen molar-refractivity contribution < 1.29 is 18.0 Å². The van der Waals surface area contributed by atoms with Gasteiger partial charge in [-0.25, -0.2) is 13.1 Å². The molecule has 1 heterocycles. The second-order valence-corrected chi connectivity index (χ2v) is 13.8. The van der Waals surface area contributed by atoms with Gasteiger partial charge in [-0.3, -0.25) is 9.59 Å². The van der Waals surface area contributed by atoms with Crippen LogP contribution in [0.3, 0.4) is 0 Å². The predicted molar refractivity (Wildman–Crippen MR) is 161 cm³/mol. The minimum Gasteiger partial charge on any atom is -0.347 e. The maximum Gasteiger partial charge on any atom is 0.255 e. The summed E-state index contributed by atoms with van der Waals surface area (Å²) in [5, 5.41) is 3.81. The van der Waals surface area contributed by atoms with E-state index < -0.39 is 39.6 Å². The van der Waals surface area contributed by atoms with Crippen molar-refractivity contribution in [2.75, 3.05) is 6.26 Å². The largest absolute Gasteiger partial charge is 0.347 e. The minimum absolute atomic E-state index is 0.209. The van der Waals surface area contributed by atoms with Crippen LogP contribution in [0.1, 0.15) is 78.5 Å². The molecule has 0 bridgehead atoms. The lowest BCUT2D eigenvalue weighted by molar-refractivity contribution is -0.126. The molecule has 9 heteroatoms. The van der Waals surface area contributed by atoms with Crippen LogP contribution in [-0.2, 0) is 20.4 Å². The Kier molecular flexibility index (Phi) is 8.28. The number of sulfonamides is 1. The number of halogens is 1. The molecule has 2 N–H and O–H groups in total. The zero-order valence-corrected chi connectivity index (χ0v) is 25.1. The van der Waals surface area contributed by atoms with Crippen molar-refractivity contribution in [3.05, 3.63) is 106 Å². The van der Waals surface area contributed by atoms with E-state index in [4.69, 9.17) is 11.6 Å². The van der Waals surface area contributed by atoms with E-state index in [0.717, 1.165) is 30.2 Å². The van der Waals surface area contributed by atoms with Crippen molar-refractivity contribution in [2.45, 2.75) is 69.1 Å². The highest BCUT2D eigenvalue weighted by molar-refractivity contribution is 7.88. The molecule has 1 saturated carbocycles. The van der Waals surface area contributed by atoms with Crippen LogP contribution in [0.25, 0.3) is 0 Å². The second-order valence-electron chi connectivity index (χ2n) is 11.6. The van der Waals surface area contributed by atoms with Crippen molar-refractivity contribution in [1.82, 2.24) is 14.9 Å². The average molecular weight is 594 g/mol. The van der Waals surface area contributed by atoms with Gasteiger partial charge in [-0.2, -0.15) is 0 Å². The van der Waals surface area contributed by atoms with Gasteiger partial charge in [0.15, 0.2) is 0 Å². The lowest BCUT2D eigenvalue weighted by Gasteiger charge is -2.49. The molecule has 0 unspecified atom stereocenters. The van der Waals surface area contributed by atoms with Crippen LogP contribution in [-0.4, -0.2) is 43.5 Å². The normalized spacial score (nSPS) is 23.1. The Balaban J connectivity index is 1.66. The van der Waals surface area contributed by atoms with Gasteiger partial charge in [0.1, 0.15) is 0 Å². The standard InChI is InChI=1S/C32H36ClN3O4S/c1-32(2,22-11-5-4-6-12-22)34-30(37)28-24-13-7-8-14-25(24)31(38)36(29(28)21-17-19-23(33)20-18-21)27-16-10-9-15-26(27)35-41(3,39)40/h4-8,11-14,17-20,26-29,35H,9-10,15-16H2,1-3H3,(H,34,37)/t26-,27-,28+,29-/m0/s1. The topological polar surface area (TPSA) is 95.6 Å². The molecule has 0 spiro atoms. The van der Waals surface area contributed by atoms with Gasteiger partial charge in [0.2, 0.25) is 15.9 Å². The predicted octanol–water partition coefficient (Wildman–Crippen LogP) is 5.53. The third-order valence-electron chi connectivity index (χ3n) is 8.25. The third-order valence-corrected chi connectivity index (χ3v) is 9.24. The number of fused-ring (bicyclic) bond motifs is 1. The summed E-state index contributed by atoms with van der Waals surface area (Å²) in [4.78, 5) is 30.6. The second kappa shape index (κ2) is 11.6. The first-order valence-electron chi connectivity index (χ1n) is 14.0. The highest BCUT2D eigenvalue weighted by atomic mass is 35.5. The number of carbonyl (C=O) groups is 2. The van der Waals surface area contributed by atoms with Gasteiger partial charge in [-0.1, -0.05) is 85.1 Å². The molecule has 41 heavy (non-hydrogen) atoms. The summed E-state index contributed by atoms with van der Waals surface area (Å²) in [5.74, 6) is -1.17. The first kappa shape index (κ1) is 29.3. The van der Waals surface area contributed by atoms with Crippen molar-refractivity contribution in [1.29, 1.82) is 0 Å². The zero-order valence-electron chi connectivity index (χ0n) is 23.5. The van der Waals surface area contributed by atoms with E-state index in [1.807, 2.05) is 68.4 Å². The van der Waals surface area contributed by atoms with Gasteiger partial charge in [0, 0.05) is 22.7 Å². The Bertz CT molecular complexity index is 1530. The molecule has 0 aromatic heterocycles. The van der Waals surface area contributed by atoms with Gasteiger partial charge in [-0.15, -0.1) is 0 Å². The van der Waals surface area contributed by atoms with E-state index >= 15 is 0 Å². The molecule has 4 atom stereocenters. The van der Waals surface area contributed by atoms with E-state index in [0.29, 0.717) is 29.0 Å². The molecule has 3 aromatic rings. The van der Waals surface area contributed by atoms with Crippen LogP contribution in [0.15, 0.2) is 78.9 Å². The van der Waals surface area contributed by atoms with E-state index in [2.05, 4.69) is 10.0 Å². The molecule has 1 fully saturated rings. The SMILES string of the molecule is CC(C)(NC(=O)[C@@H]1c2ccccc2C(=O)N([C@H]2CCCC[C@@H]2NS(C)(=O)=O)[C@H]1c1ccc(Cl)cc1)c1ccccc1. The molecule has 2 amide bonds. The number of amides is 2. The summed E-state index contributed by atoms with van der Waals surface area (Å²) in [6.45, 7) is 3.92. The maximum absolute atomic E-state index is 14.5. The molecule has 1 aliphatic carbocycles. The maximum atomic E-state index is 14.5. The molecule has 3 aromatic carbocycles. The summed E-state index contributed by atoms with van der Waals surface area (Å²) in [5.41, 5.74) is 2.14. The van der Waals surface area contributed by atoms with Gasteiger partial charge >= 0.3 is 0 Å². The van der Waals surface area contributed by atoms with E-state index in [9.17, 15) is 18.0 Å². The molecule has 0 radical (unpaired) electrons. The fourth-order valence-corrected chi connectivity index (χ4v) is 7.33. The summed E-state index contributed by atoms with van der Waals surface area (Å²) in [7, 11) is -3.53. The van der Waals surface area contributed by atoms with Crippen LogP contribution in [0.4, 0.5) is 0 Å². The van der Waals surface area contributed by atoms with Crippen LogP contribution < -0.4 is 10.0 Å². The number of nitrogens with one attached hydrogen (secondary N) is 2. The van der Waals surface area contributed by atoms with Gasteiger partial charge in [0.25, 0.3) is 5.91 Å². The first-order valence-corrected chi connectivity index (χ1v) is 16.2. The summed E-state index contributed by atoms with van der Waals surface area (Å²) in [6, 6.07) is 22.7. The number of benzene rings is 3. The smallest absolute Gasteiger partial charge is 0.255 e. The van der Waals surface area contributed by atoms with E-state index in [1.165, 1.54) is 0 Å². The Morgan fingerprint density at radius 3 is 2.24 bits per heavy atom. The van der Waals surface area contributed by atoms with Gasteiger partial charge in [-0.05, 0) is 61.6 Å². The fourth-order valence-electron chi connectivity index (χ4n) is 6.38. The molecule has 5 rings (SSSR count). The van der Waals surface area contributed by atoms with Crippen molar-refractivity contribution in [2.24, 2.45) is 0 Å². The summed E-state index contributed by atoms with van der Waals surface area (Å²) < 4.78 is 27.5. The lowest BCUT2D eigenvalue weighted by atomic mass is 9.76. The Labute approximate surface area is 247 Å². The zero-order chi connectivity index (χ0) is 29.4. The molecule has 7 nitrogen and oxygen atoms in total. The van der Waals surface area contributed by atoms with Crippen LogP contribution in [0.2, 0.25) is 5.02 Å². The van der Waals surface area contributed by atoms with Gasteiger partial charge in [0.05, 0.1) is 23.8 Å². The highest BCUT2D eigenvalue weighted by Gasteiger charge is 2.49. The van der Waals surface area contributed by atoms with Crippen LogP contribution in [0, 0.1) is 0 Å².